The van der Waals surface area contributed by atoms with E-state index in [1.54, 1.807) is 14.2 Å². The number of hydrogen-bond donors (Lipinski definition) is 0. The minimum absolute atomic E-state index is 0.470. The van der Waals surface area contributed by atoms with E-state index in [-0.39, 0.29) is 0 Å². The third-order valence-electron chi connectivity index (χ3n) is 7.84. The molecule has 5 nitrogen and oxygen atoms in total. The second-order valence-electron chi connectivity index (χ2n) is 11.0. The Hall–Kier alpha value is -5.42. The molecule has 0 atom stereocenters. The summed E-state index contributed by atoms with van der Waals surface area (Å²) in [5.41, 5.74) is 8.87. The molecule has 0 saturated heterocycles. The molecular weight excluding hydrogens is 558 g/mol. The van der Waals surface area contributed by atoms with Crippen molar-refractivity contribution in [1.82, 2.24) is 4.57 Å². The van der Waals surface area contributed by atoms with Crippen LogP contribution in [0.5, 0.6) is 23.0 Å². The van der Waals surface area contributed by atoms with Gasteiger partial charge in [-0.2, -0.15) is 0 Å². The lowest BCUT2D eigenvalue weighted by atomic mass is 10.1. The number of benzene rings is 5. The van der Waals surface area contributed by atoms with Crippen LogP contribution in [0.15, 0.2) is 133 Å². The lowest BCUT2D eigenvalue weighted by molar-refractivity contribution is 0.284. The zero-order valence-corrected chi connectivity index (χ0v) is 25.9. The van der Waals surface area contributed by atoms with Crippen LogP contribution >= 0.6 is 0 Å². The fraction of sp³-hybridized carbons (Fsp3) is 0.150. The number of nitrogens with zero attached hydrogens (tertiary/aromatic N) is 1. The second-order valence-corrected chi connectivity index (χ2v) is 11.0. The Labute approximate surface area is 265 Å². The van der Waals surface area contributed by atoms with Crippen LogP contribution < -0.4 is 18.9 Å². The van der Waals surface area contributed by atoms with Gasteiger partial charge in [-0.15, -0.1) is 0 Å². The van der Waals surface area contributed by atoms with Crippen LogP contribution in [0.3, 0.4) is 0 Å². The van der Waals surface area contributed by atoms with Gasteiger partial charge in [0, 0.05) is 29.1 Å². The van der Waals surface area contributed by atoms with E-state index in [0.717, 1.165) is 33.6 Å². The molecule has 45 heavy (non-hydrogen) atoms. The molecule has 1 heterocycles. The number of ether oxygens (including phenoxy) is 4. The van der Waals surface area contributed by atoms with E-state index in [4.69, 9.17) is 18.9 Å². The Bertz CT molecular complexity index is 1730. The van der Waals surface area contributed by atoms with Crippen LogP contribution in [0.1, 0.15) is 22.3 Å². The zero-order valence-electron chi connectivity index (χ0n) is 25.9. The monoisotopic (exact) mass is 595 g/mol. The van der Waals surface area contributed by atoms with Gasteiger partial charge in [0.15, 0.2) is 23.0 Å². The summed E-state index contributed by atoms with van der Waals surface area (Å²) in [7, 11) is 3.36. The number of methoxy groups -OCH3 is 2. The minimum atomic E-state index is 0.470. The van der Waals surface area contributed by atoms with Crippen molar-refractivity contribution < 1.29 is 18.9 Å². The van der Waals surface area contributed by atoms with Crippen LogP contribution in [0.2, 0.25) is 0 Å². The van der Waals surface area contributed by atoms with Crippen LogP contribution in [0.4, 0.5) is 0 Å². The van der Waals surface area contributed by atoms with Gasteiger partial charge >= 0.3 is 0 Å². The van der Waals surface area contributed by atoms with E-state index >= 15 is 0 Å². The first kappa shape index (κ1) is 29.6. The SMILES string of the molecule is COc1cc(-c2ccc(-c3ccc(OCc4ccccc4)c(OC)c3)n2Cc2ccc(C)cc2)ccc1OCc1ccccc1. The molecule has 0 spiro atoms. The zero-order chi connectivity index (χ0) is 31.0. The van der Waals surface area contributed by atoms with Crippen molar-refractivity contribution in [3.05, 3.63) is 156 Å². The second kappa shape index (κ2) is 13.9. The average Bonchev–Trinajstić information content (AvgIpc) is 3.51. The number of rotatable bonds is 12. The lowest BCUT2D eigenvalue weighted by Crippen LogP contribution is -2.05. The molecule has 6 rings (SSSR count). The molecule has 0 radical (unpaired) electrons. The molecule has 0 bridgehead atoms. The average molecular weight is 596 g/mol. The van der Waals surface area contributed by atoms with Crippen LogP contribution in [-0.2, 0) is 19.8 Å². The number of aromatic nitrogens is 1. The highest BCUT2D eigenvalue weighted by Crippen LogP contribution is 2.38. The van der Waals surface area contributed by atoms with Crippen molar-refractivity contribution in [2.24, 2.45) is 0 Å². The van der Waals surface area contributed by atoms with Crippen molar-refractivity contribution in [1.29, 1.82) is 0 Å². The van der Waals surface area contributed by atoms with Gasteiger partial charge in [0.05, 0.1) is 14.2 Å². The summed E-state index contributed by atoms with van der Waals surface area (Å²) in [6.07, 6.45) is 0. The molecule has 6 aromatic rings. The van der Waals surface area contributed by atoms with Gasteiger partial charge in [-0.25, -0.2) is 0 Å². The van der Waals surface area contributed by atoms with Crippen LogP contribution in [0.25, 0.3) is 22.5 Å². The molecule has 0 saturated carbocycles. The predicted octanol–water partition coefficient (Wildman–Crippen LogP) is 9.35. The largest absolute Gasteiger partial charge is 0.493 e. The normalized spacial score (nSPS) is 10.8. The lowest BCUT2D eigenvalue weighted by Gasteiger charge is -2.17. The van der Waals surface area contributed by atoms with E-state index in [1.807, 2.05) is 60.7 Å². The summed E-state index contributed by atoms with van der Waals surface area (Å²) in [4.78, 5) is 0. The maximum absolute atomic E-state index is 6.14. The molecule has 5 heteroatoms. The van der Waals surface area contributed by atoms with Gasteiger partial charge in [0.2, 0.25) is 0 Å². The maximum Gasteiger partial charge on any atom is 0.161 e. The van der Waals surface area contributed by atoms with E-state index in [1.165, 1.54) is 11.1 Å². The molecule has 0 aliphatic rings. The van der Waals surface area contributed by atoms with Gasteiger partial charge in [-0.3, -0.25) is 0 Å². The van der Waals surface area contributed by atoms with Crippen LogP contribution in [-0.4, -0.2) is 18.8 Å². The van der Waals surface area contributed by atoms with Crippen molar-refractivity contribution >= 4 is 0 Å². The van der Waals surface area contributed by atoms with Crippen molar-refractivity contribution in [3.8, 4) is 45.5 Å². The predicted molar refractivity (Wildman–Crippen MR) is 180 cm³/mol. The fourth-order valence-electron chi connectivity index (χ4n) is 5.38. The first-order chi connectivity index (χ1) is 22.1. The Balaban J connectivity index is 1.34. The third kappa shape index (κ3) is 7.05. The Kier molecular flexibility index (Phi) is 9.16. The number of hydrogen-bond acceptors (Lipinski definition) is 4. The van der Waals surface area contributed by atoms with E-state index < -0.39 is 0 Å². The highest BCUT2D eigenvalue weighted by atomic mass is 16.5. The summed E-state index contributed by atoms with van der Waals surface area (Å²) >= 11 is 0. The highest BCUT2D eigenvalue weighted by molar-refractivity contribution is 5.73. The Morgan fingerprint density at radius 3 is 1.38 bits per heavy atom. The molecule has 0 aliphatic carbocycles. The standard InChI is InChI=1S/C40H37NO4/c1-29-14-16-30(17-15-29)26-41-35(33-18-22-37(39(24-33)42-2)44-27-31-10-6-4-7-11-31)20-21-36(41)34-19-23-38(40(25-34)43-3)45-28-32-12-8-5-9-13-32/h4-25H,26-28H2,1-3H3. The van der Waals surface area contributed by atoms with Gasteiger partial charge in [0.1, 0.15) is 13.2 Å². The molecular formula is C40H37NO4. The third-order valence-corrected chi connectivity index (χ3v) is 7.84. The molecule has 5 aromatic carbocycles. The quantitative estimate of drug-likeness (QED) is 0.141. The van der Waals surface area contributed by atoms with Gasteiger partial charge in [0.25, 0.3) is 0 Å². The Morgan fingerprint density at radius 1 is 0.467 bits per heavy atom. The van der Waals surface area contributed by atoms with Crippen molar-refractivity contribution in [2.75, 3.05) is 14.2 Å². The Morgan fingerprint density at radius 2 is 0.933 bits per heavy atom. The molecule has 1 aromatic heterocycles. The summed E-state index contributed by atoms with van der Waals surface area (Å²) < 4.78 is 26.2. The summed E-state index contributed by atoms with van der Waals surface area (Å²) in [5.74, 6) is 2.79. The highest BCUT2D eigenvalue weighted by Gasteiger charge is 2.17. The van der Waals surface area contributed by atoms with Crippen molar-refractivity contribution in [3.63, 3.8) is 0 Å². The minimum Gasteiger partial charge on any atom is -0.493 e. The van der Waals surface area contributed by atoms with Gasteiger partial charge in [-0.05, 0) is 72.1 Å². The number of aryl methyl sites for hydroxylation is 1. The summed E-state index contributed by atoms with van der Waals surface area (Å²) in [6.45, 7) is 3.74. The topological polar surface area (TPSA) is 41.9 Å². The molecule has 0 unspecified atom stereocenters. The summed E-state index contributed by atoms with van der Waals surface area (Å²) in [6, 6.07) is 45.5. The molecule has 0 aliphatic heterocycles. The van der Waals surface area contributed by atoms with Gasteiger partial charge in [-0.1, -0.05) is 90.5 Å². The van der Waals surface area contributed by atoms with Gasteiger partial charge < -0.3 is 23.5 Å². The van der Waals surface area contributed by atoms with E-state index in [2.05, 4.69) is 84.3 Å². The van der Waals surface area contributed by atoms with Crippen molar-refractivity contribution in [2.45, 2.75) is 26.7 Å². The summed E-state index contributed by atoms with van der Waals surface area (Å²) in [5, 5.41) is 0. The molecule has 0 fully saturated rings. The van der Waals surface area contributed by atoms with E-state index in [0.29, 0.717) is 42.8 Å². The maximum atomic E-state index is 6.14. The fourth-order valence-corrected chi connectivity index (χ4v) is 5.38. The van der Waals surface area contributed by atoms with E-state index in [9.17, 15) is 0 Å². The molecule has 0 N–H and O–H groups in total. The first-order valence-corrected chi connectivity index (χ1v) is 15.1. The smallest absolute Gasteiger partial charge is 0.161 e. The van der Waals surface area contributed by atoms with Crippen LogP contribution in [0, 0.1) is 6.92 Å². The molecule has 226 valence electrons. The first-order valence-electron chi connectivity index (χ1n) is 15.1. The molecule has 0 amide bonds.